The third-order valence-corrected chi connectivity index (χ3v) is 5.47. The molecule has 1 saturated heterocycles. The number of benzene rings is 1. The first-order valence-corrected chi connectivity index (χ1v) is 9.50. The van der Waals surface area contributed by atoms with Gasteiger partial charge in [0.1, 0.15) is 17.2 Å². The number of ketones is 1. The molecule has 3 N–H and O–H groups in total. The average molecular weight is 405 g/mol. The van der Waals surface area contributed by atoms with E-state index in [1.807, 2.05) is 0 Å². The zero-order valence-electron chi connectivity index (χ0n) is 15.7. The van der Waals surface area contributed by atoms with Crippen molar-refractivity contribution in [3.63, 3.8) is 0 Å². The molecule has 0 bridgehead atoms. The number of carbonyl (C=O) groups is 2. The predicted molar refractivity (Wildman–Crippen MR) is 97.5 cm³/mol. The molecule has 0 unspecified atom stereocenters. The summed E-state index contributed by atoms with van der Waals surface area (Å²) >= 11 is 0. The highest BCUT2D eigenvalue weighted by molar-refractivity contribution is 6.00. The van der Waals surface area contributed by atoms with Crippen molar-refractivity contribution in [2.24, 2.45) is 5.73 Å². The molecule has 2 aromatic rings. The van der Waals surface area contributed by atoms with Crippen LogP contribution in [0.15, 0.2) is 18.2 Å². The number of H-pyrrole nitrogens is 1. The second-order valence-electron chi connectivity index (χ2n) is 7.50. The topological polar surface area (TPSA) is 107 Å². The molecule has 1 aliphatic heterocycles. The second kappa shape index (κ2) is 7.64. The highest BCUT2D eigenvalue weighted by atomic mass is 19.1. The lowest BCUT2D eigenvalue weighted by Crippen LogP contribution is -2.25. The van der Waals surface area contributed by atoms with Gasteiger partial charge < -0.3 is 15.2 Å². The number of aromatic amines is 1. The van der Waals surface area contributed by atoms with Crippen LogP contribution in [0.4, 0.5) is 8.78 Å². The molecule has 0 radical (unpaired) electrons. The van der Waals surface area contributed by atoms with Gasteiger partial charge in [-0.15, -0.1) is 0 Å². The maximum atomic E-state index is 13.8. The van der Waals surface area contributed by atoms with E-state index in [-0.39, 0.29) is 11.5 Å². The van der Waals surface area contributed by atoms with E-state index in [2.05, 4.69) is 10.2 Å². The van der Waals surface area contributed by atoms with Crippen LogP contribution in [0.5, 0.6) is 0 Å². The lowest BCUT2D eigenvalue weighted by atomic mass is 9.91. The Balaban J connectivity index is 1.56. The van der Waals surface area contributed by atoms with Gasteiger partial charge in [-0.3, -0.25) is 9.89 Å². The van der Waals surface area contributed by atoms with E-state index in [0.29, 0.717) is 50.3 Å². The highest BCUT2D eigenvalue weighted by Crippen LogP contribution is 2.45. The summed E-state index contributed by atoms with van der Waals surface area (Å²) in [7, 11) is 0. The minimum absolute atomic E-state index is 0.00152. The Bertz CT molecular complexity index is 929. The van der Waals surface area contributed by atoms with E-state index in [4.69, 9.17) is 15.2 Å². The van der Waals surface area contributed by atoms with Crippen LogP contribution in [0.3, 0.4) is 0 Å². The monoisotopic (exact) mass is 405 g/mol. The summed E-state index contributed by atoms with van der Waals surface area (Å²) in [6, 6.07) is 3.10. The van der Waals surface area contributed by atoms with Gasteiger partial charge in [0.2, 0.25) is 5.78 Å². The van der Waals surface area contributed by atoms with Crippen molar-refractivity contribution in [2.75, 3.05) is 19.8 Å². The van der Waals surface area contributed by atoms with E-state index < -0.39 is 41.1 Å². The number of esters is 1. The van der Waals surface area contributed by atoms with E-state index in [1.54, 1.807) is 0 Å². The van der Waals surface area contributed by atoms with E-state index in [0.717, 1.165) is 18.2 Å². The second-order valence-corrected chi connectivity index (χ2v) is 7.50. The van der Waals surface area contributed by atoms with Crippen LogP contribution in [-0.4, -0.2) is 41.8 Å². The number of carbonyl (C=O) groups excluding carboxylic acids is 2. The normalized spacial score (nSPS) is 18.4. The molecule has 2 aliphatic rings. The fraction of sp³-hybridized carbons (Fsp3) is 0.450. The number of hydrogen-bond acceptors (Lipinski definition) is 6. The molecule has 1 aliphatic carbocycles. The van der Waals surface area contributed by atoms with Gasteiger partial charge in [0.25, 0.3) is 0 Å². The lowest BCUT2D eigenvalue weighted by molar-refractivity contribution is 0.0465. The molecule has 0 atom stereocenters. The molecule has 154 valence electrons. The lowest BCUT2D eigenvalue weighted by Gasteiger charge is -2.21. The minimum atomic E-state index is -1.00. The number of ether oxygens (including phenoxy) is 2. The summed E-state index contributed by atoms with van der Waals surface area (Å²) in [6.45, 7) is 0.326. The fourth-order valence-corrected chi connectivity index (χ4v) is 3.61. The maximum Gasteiger partial charge on any atom is 0.342 e. The molecule has 1 aromatic carbocycles. The van der Waals surface area contributed by atoms with Gasteiger partial charge in [-0.2, -0.15) is 5.10 Å². The van der Waals surface area contributed by atoms with Crippen molar-refractivity contribution < 1.29 is 27.8 Å². The number of rotatable bonds is 6. The average Bonchev–Trinajstić information content (AvgIpc) is 3.29. The Morgan fingerprint density at radius 1 is 1.21 bits per heavy atom. The summed E-state index contributed by atoms with van der Waals surface area (Å²) in [5.74, 6) is -3.75. The van der Waals surface area contributed by atoms with Crippen molar-refractivity contribution in [3.8, 4) is 0 Å². The molecular weight excluding hydrogens is 384 g/mol. The molecule has 2 heterocycles. The Morgan fingerprint density at radius 3 is 2.48 bits per heavy atom. The molecule has 2 fully saturated rings. The Labute approximate surface area is 165 Å². The highest BCUT2D eigenvalue weighted by Gasteiger charge is 2.46. The maximum absolute atomic E-state index is 13.8. The van der Waals surface area contributed by atoms with Crippen LogP contribution >= 0.6 is 0 Å². The number of nitrogens with one attached hydrogen (secondary N) is 1. The van der Waals surface area contributed by atoms with Crippen LogP contribution in [0.1, 0.15) is 63.7 Å². The van der Waals surface area contributed by atoms with Crippen molar-refractivity contribution in [2.45, 2.75) is 37.1 Å². The summed E-state index contributed by atoms with van der Waals surface area (Å²) < 4.78 is 38.1. The van der Waals surface area contributed by atoms with Crippen LogP contribution in [0.25, 0.3) is 0 Å². The number of nitrogens with two attached hydrogens (primary N) is 1. The minimum Gasteiger partial charge on any atom is -0.454 e. The van der Waals surface area contributed by atoms with Crippen LogP contribution < -0.4 is 5.73 Å². The molecule has 9 heteroatoms. The van der Waals surface area contributed by atoms with Crippen LogP contribution in [-0.2, 0) is 15.0 Å². The Kier molecular flexibility index (Phi) is 5.18. The SMILES string of the molecule is NC1(c2[nH]nc(C3CCOCC3)c2C(=O)OCC(=O)c2c(F)cccc2F)CC1. The van der Waals surface area contributed by atoms with E-state index >= 15 is 0 Å². The zero-order valence-corrected chi connectivity index (χ0v) is 15.7. The first-order chi connectivity index (χ1) is 13.9. The number of nitrogens with zero attached hydrogens (tertiary/aromatic N) is 1. The molecule has 1 aromatic heterocycles. The van der Waals surface area contributed by atoms with E-state index in [9.17, 15) is 18.4 Å². The number of halogens is 2. The van der Waals surface area contributed by atoms with Gasteiger partial charge in [0.05, 0.1) is 22.5 Å². The van der Waals surface area contributed by atoms with Crippen molar-refractivity contribution in [3.05, 3.63) is 52.3 Å². The summed E-state index contributed by atoms with van der Waals surface area (Å²) in [6.07, 6.45) is 2.78. The van der Waals surface area contributed by atoms with Crippen LogP contribution in [0.2, 0.25) is 0 Å². The smallest absolute Gasteiger partial charge is 0.342 e. The molecular formula is C20H21F2N3O4. The largest absolute Gasteiger partial charge is 0.454 e. The Morgan fingerprint density at radius 2 is 1.86 bits per heavy atom. The van der Waals surface area contributed by atoms with Crippen molar-refractivity contribution >= 4 is 11.8 Å². The summed E-state index contributed by atoms with van der Waals surface area (Å²) in [5, 5.41) is 7.19. The van der Waals surface area contributed by atoms with Gasteiger partial charge >= 0.3 is 5.97 Å². The predicted octanol–water partition coefficient (Wildman–Crippen LogP) is 2.57. The summed E-state index contributed by atoms with van der Waals surface area (Å²) in [4.78, 5) is 25.1. The van der Waals surface area contributed by atoms with Gasteiger partial charge in [0, 0.05) is 19.1 Å². The first-order valence-electron chi connectivity index (χ1n) is 9.50. The van der Waals surface area contributed by atoms with Gasteiger partial charge in [-0.1, -0.05) is 6.07 Å². The molecule has 7 nitrogen and oxygen atoms in total. The first kappa shape index (κ1) is 19.7. The zero-order chi connectivity index (χ0) is 20.6. The quantitative estimate of drug-likeness (QED) is 0.565. The van der Waals surface area contributed by atoms with Crippen molar-refractivity contribution in [1.29, 1.82) is 0 Å². The summed E-state index contributed by atoms with van der Waals surface area (Å²) in [5.41, 5.74) is 6.10. The van der Waals surface area contributed by atoms with Crippen LogP contribution in [0, 0.1) is 11.6 Å². The number of Topliss-reactive ketones (excluding diaryl/α,β-unsaturated/α-hetero) is 1. The fourth-order valence-electron chi connectivity index (χ4n) is 3.61. The Hall–Kier alpha value is -2.65. The van der Waals surface area contributed by atoms with Gasteiger partial charge in [-0.25, -0.2) is 13.6 Å². The third-order valence-electron chi connectivity index (χ3n) is 5.47. The molecule has 0 spiro atoms. The molecule has 4 rings (SSSR count). The third kappa shape index (κ3) is 3.79. The molecule has 1 saturated carbocycles. The molecule has 29 heavy (non-hydrogen) atoms. The number of aromatic nitrogens is 2. The van der Waals surface area contributed by atoms with E-state index in [1.165, 1.54) is 0 Å². The van der Waals surface area contributed by atoms with Crippen molar-refractivity contribution in [1.82, 2.24) is 10.2 Å². The number of hydrogen-bond donors (Lipinski definition) is 2. The molecule has 0 amide bonds. The van der Waals surface area contributed by atoms with Gasteiger partial charge in [-0.05, 0) is 37.8 Å². The van der Waals surface area contributed by atoms with Gasteiger partial charge in [0.15, 0.2) is 6.61 Å². The standard InChI is InChI=1S/C20H21F2N3O4/c21-12-2-1-3-13(22)15(12)14(26)10-29-19(27)16-17(11-4-8-28-9-5-11)24-25-18(16)20(23)6-7-20/h1-3,11H,4-10,23H2,(H,24,25).